The fourth-order valence-corrected chi connectivity index (χ4v) is 2.43. The van der Waals surface area contributed by atoms with E-state index in [9.17, 15) is 4.79 Å². The normalized spacial score (nSPS) is 14.8. The van der Waals surface area contributed by atoms with Gasteiger partial charge in [0.05, 0.1) is 0 Å². The predicted molar refractivity (Wildman–Crippen MR) is 95.8 cm³/mol. The predicted octanol–water partition coefficient (Wildman–Crippen LogP) is 1.06. The van der Waals surface area contributed by atoms with E-state index >= 15 is 0 Å². The van der Waals surface area contributed by atoms with Crippen molar-refractivity contribution in [1.82, 2.24) is 9.80 Å². The molecule has 8 heteroatoms. The Balaban J connectivity index is 0.000000487. The number of aliphatic carboxylic acids is 2. The zero-order valence-electron chi connectivity index (χ0n) is 15.2. The number of hydrogen-bond donors (Lipinski definition) is 2. The lowest BCUT2D eigenvalue weighted by Crippen LogP contribution is -2.47. The molecular weight excluding hydrogens is 340 g/mol. The van der Waals surface area contributed by atoms with Crippen LogP contribution in [-0.2, 0) is 9.59 Å². The van der Waals surface area contributed by atoms with Gasteiger partial charge in [0.15, 0.2) is 5.78 Å². The molecule has 0 aliphatic carbocycles. The molecule has 2 N–H and O–H groups in total. The fourth-order valence-electron chi connectivity index (χ4n) is 2.43. The Labute approximate surface area is 153 Å². The number of nitrogens with zero attached hydrogens (tertiary/aromatic N) is 2. The summed E-state index contributed by atoms with van der Waals surface area (Å²) in [5.41, 5.74) is 0.707. The second kappa shape index (κ2) is 11.2. The van der Waals surface area contributed by atoms with Crippen LogP contribution >= 0.6 is 0 Å². The maximum atomic E-state index is 11.3. The molecule has 0 spiro atoms. The molecule has 0 unspecified atom stereocenters. The van der Waals surface area contributed by atoms with Crippen LogP contribution in [0, 0.1) is 0 Å². The molecule has 0 atom stereocenters. The number of ether oxygens (including phenoxy) is 1. The summed E-state index contributed by atoms with van der Waals surface area (Å²) < 4.78 is 5.75. The van der Waals surface area contributed by atoms with Gasteiger partial charge in [0.2, 0.25) is 0 Å². The lowest BCUT2D eigenvalue weighted by atomic mass is 10.1. The Morgan fingerprint density at radius 1 is 1.04 bits per heavy atom. The van der Waals surface area contributed by atoms with Gasteiger partial charge in [0.25, 0.3) is 0 Å². The largest absolute Gasteiger partial charge is 0.492 e. The topological polar surface area (TPSA) is 107 Å². The maximum Gasteiger partial charge on any atom is 0.414 e. The van der Waals surface area contributed by atoms with Gasteiger partial charge in [0, 0.05) is 38.3 Å². The number of hydrogen-bond acceptors (Lipinski definition) is 6. The third kappa shape index (κ3) is 8.09. The first-order valence-corrected chi connectivity index (χ1v) is 8.48. The van der Waals surface area contributed by atoms with Crippen molar-refractivity contribution in [2.45, 2.75) is 13.8 Å². The van der Waals surface area contributed by atoms with Crippen LogP contribution in [0.25, 0.3) is 0 Å². The van der Waals surface area contributed by atoms with E-state index in [2.05, 4.69) is 16.7 Å². The fraction of sp³-hybridized carbons (Fsp3) is 0.500. The van der Waals surface area contributed by atoms with Crippen LogP contribution < -0.4 is 4.74 Å². The molecule has 1 heterocycles. The smallest absolute Gasteiger partial charge is 0.414 e. The first-order valence-electron chi connectivity index (χ1n) is 8.48. The Morgan fingerprint density at radius 3 is 2.12 bits per heavy atom. The van der Waals surface area contributed by atoms with Crippen molar-refractivity contribution in [3.05, 3.63) is 29.8 Å². The number of carbonyl (C=O) groups is 3. The summed E-state index contributed by atoms with van der Waals surface area (Å²) in [6, 6.07) is 7.41. The molecule has 26 heavy (non-hydrogen) atoms. The van der Waals surface area contributed by atoms with Gasteiger partial charge in [-0.2, -0.15) is 0 Å². The quantitative estimate of drug-likeness (QED) is 0.568. The molecule has 0 aromatic heterocycles. The molecule has 1 saturated heterocycles. The molecule has 0 bridgehead atoms. The number of Topliss-reactive ketones (excluding diaryl/α,β-unsaturated/α-hetero) is 1. The van der Waals surface area contributed by atoms with E-state index in [4.69, 9.17) is 24.5 Å². The van der Waals surface area contributed by atoms with Crippen molar-refractivity contribution in [2.24, 2.45) is 0 Å². The Bertz CT molecular complexity index is 599. The van der Waals surface area contributed by atoms with E-state index < -0.39 is 11.9 Å². The van der Waals surface area contributed by atoms with Gasteiger partial charge in [0.1, 0.15) is 12.4 Å². The first-order chi connectivity index (χ1) is 12.3. The van der Waals surface area contributed by atoms with Gasteiger partial charge in [-0.05, 0) is 25.6 Å². The van der Waals surface area contributed by atoms with Crippen molar-refractivity contribution in [2.75, 3.05) is 45.9 Å². The second-order valence-electron chi connectivity index (χ2n) is 5.82. The van der Waals surface area contributed by atoms with Crippen LogP contribution in [0.3, 0.4) is 0 Å². The minimum Gasteiger partial charge on any atom is -0.492 e. The van der Waals surface area contributed by atoms with Crippen LogP contribution in [-0.4, -0.2) is 83.6 Å². The number of carboxylic acid groups (broad SMARTS) is 2. The molecule has 8 nitrogen and oxygen atoms in total. The molecule has 1 fully saturated rings. The van der Waals surface area contributed by atoms with Crippen LogP contribution in [0.4, 0.5) is 0 Å². The number of carboxylic acids is 2. The summed E-state index contributed by atoms with van der Waals surface area (Å²) in [5, 5.41) is 14.8. The highest BCUT2D eigenvalue weighted by Crippen LogP contribution is 2.13. The van der Waals surface area contributed by atoms with Gasteiger partial charge in [-0.1, -0.05) is 19.1 Å². The van der Waals surface area contributed by atoms with Crippen LogP contribution in [0.5, 0.6) is 5.75 Å². The third-order valence-electron chi connectivity index (χ3n) is 4.01. The molecule has 2 rings (SSSR count). The zero-order chi connectivity index (χ0) is 19.5. The zero-order valence-corrected chi connectivity index (χ0v) is 15.2. The van der Waals surface area contributed by atoms with Crippen LogP contribution in [0.2, 0.25) is 0 Å². The first kappa shape index (κ1) is 21.6. The summed E-state index contributed by atoms with van der Waals surface area (Å²) in [7, 11) is 0. The van der Waals surface area contributed by atoms with E-state index in [1.165, 1.54) is 0 Å². The summed E-state index contributed by atoms with van der Waals surface area (Å²) >= 11 is 0. The summed E-state index contributed by atoms with van der Waals surface area (Å²) in [6.45, 7) is 11.1. The average molecular weight is 366 g/mol. The lowest BCUT2D eigenvalue weighted by molar-refractivity contribution is -0.159. The maximum absolute atomic E-state index is 11.3. The Kier molecular flexibility index (Phi) is 9.32. The minimum absolute atomic E-state index is 0.0751. The molecule has 1 aliphatic rings. The average Bonchev–Trinajstić information content (AvgIpc) is 2.63. The van der Waals surface area contributed by atoms with Crippen molar-refractivity contribution < 1.29 is 29.3 Å². The summed E-state index contributed by atoms with van der Waals surface area (Å²) in [6.07, 6.45) is 0. The van der Waals surface area contributed by atoms with Gasteiger partial charge >= 0.3 is 11.9 Å². The summed E-state index contributed by atoms with van der Waals surface area (Å²) in [5.74, 6) is -2.79. The number of likely N-dealkylation sites (N-methyl/N-ethyl adjacent to an activating group) is 1. The minimum atomic E-state index is -1.82. The van der Waals surface area contributed by atoms with E-state index in [1.807, 2.05) is 24.3 Å². The molecule has 1 aromatic carbocycles. The van der Waals surface area contributed by atoms with Gasteiger partial charge in [-0.25, -0.2) is 9.59 Å². The molecule has 0 radical (unpaired) electrons. The van der Waals surface area contributed by atoms with E-state index in [1.54, 1.807) is 6.92 Å². The highest BCUT2D eigenvalue weighted by molar-refractivity contribution is 6.27. The van der Waals surface area contributed by atoms with Crippen molar-refractivity contribution in [3.8, 4) is 5.75 Å². The SMILES string of the molecule is CCN1CCN(CCOc2cccc(C(C)=O)c2)CC1.O=C(O)C(=O)O. The highest BCUT2D eigenvalue weighted by atomic mass is 16.5. The van der Waals surface area contributed by atoms with E-state index in [-0.39, 0.29) is 5.78 Å². The standard InChI is InChI=1S/C16H24N2O2.C2H2O4/c1-3-17-7-9-18(10-8-17)11-12-20-16-6-4-5-15(13-16)14(2)19;3-1(4)2(5)6/h4-6,13H,3,7-12H2,1-2H3;(H,3,4)(H,5,6). The van der Waals surface area contributed by atoms with Gasteiger partial charge < -0.3 is 19.8 Å². The van der Waals surface area contributed by atoms with Gasteiger partial charge in [-0.15, -0.1) is 0 Å². The summed E-state index contributed by atoms with van der Waals surface area (Å²) in [4.78, 5) is 34.4. The number of carbonyl (C=O) groups excluding carboxylic acids is 1. The monoisotopic (exact) mass is 366 g/mol. The van der Waals surface area contributed by atoms with E-state index in [0.717, 1.165) is 45.0 Å². The number of benzene rings is 1. The highest BCUT2D eigenvalue weighted by Gasteiger charge is 2.14. The van der Waals surface area contributed by atoms with Crippen LogP contribution in [0.15, 0.2) is 24.3 Å². The van der Waals surface area contributed by atoms with Gasteiger partial charge in [-0.3, -0.25) is 9.69 Å². The van der Waals surface area contributed by atoms with Crippen LogP contribution in [0.1, 0.15) is 24.2 Å². The van der Waals surface area contributed by atoms with Crippen molar-refractivity contribution in [3.63, 3.8) is 0 Å². The Hall–Kier alpha value is -2.45. The van der Waals surface area contributed by atoms with Crippen molar-refractivity contribution in [1.29, 1.82) is 0 Å². The molecule has 1 aliphatic heterocycles. The number of rotatable bonds is 6. The molecule has 0 saturated carbocycles. The Morgan fingerprint density at radius 2 is 1.62 bits per heavy atom. The molecular formula is C18H26N2O6. The number of piperazine rings is 1. The molecule has 0 amide bonds. The third-order valence-corrected chi connectivity index (χ3v) is 4.01. The second-order valence-corrected chi connectivity index (χ2v) is 5.82. The van der Waals surface area contributed by atoms with Crippen molar-refractivity contribution >= 4 is 17.7 Å². The lowest BCUT2D eigenvalue weighted by Gasteiger charge is -2.33. The molecule has 144 valence electrons. The van der Waals surface area contributed by atoms with E-state index in [0.29, 0.717) is 12.2 Å². The number of ketones is 1. The molecule has 1 aromatic rings.